The lowest BCUT2D eigenvalue weighted by molar-refractivity contribution is -0.138. The zero-order valence-corrected chi connectivity index (χ0v) is 9.23. The molecule has 1 rings (SSSR count). The average molecular weight is 222 g/mol. The van der Waals surface area contributed by atoms with Gasteiger partial charge in [-0.2, -0.15) is 0 Å². The van der Waals surface area contributed by atoms with Gasteiger partial charge in [-0.3, -0.25) is 14.6 Å². The summed E-state index contributed by atoms with van der Waals surface area (Å²) in [6.07, 6.45) is 2.90. The number of amides is 1. The second-order valence-electron chi connectivity index (χ2n) is 4.14. The second kappa shape index (κ2) is 4.74. The van der Waals surface area contributed by atoms with Crippen LogP contribution in [0.25, 0.3) is 0 Å². The third-order valence-electron chi connectivity index (χ3n) is 1.99. The Bertz CT molecular complexity index is 387. The number of rotatable bonds is 4. The lowest BCUT2D eigenvalue weighted by Crippen LogP contribution is -2.44. The van der Waals surface area contributed by atoms with Crippen molar-refractivity contribution >= 4 is 11.9 Å². The van der Waals surface area contributed by atoms with Gasteiger partial charge < -0.3 is 10.4 Å². The van der Waals surface area contributed by atoms with E-state index in [0.717, 1.165) is 0 Å². The molecule has 2 N–H and O–H groups in total. The van der Waals surface area contributed by atoms with Crippen molar-refractivity contribution in [3.63, 3.8) is 0 Å². The molecule has 1 aromatic rings. The summed E-state index contributed by atoms with van der Waals surface area (Å²) in [5, 5.41) is 11.3. The van der Waals surface area contributed by atoms with Gasteiger partial charge in [0.2, 0.25) is 0 Å². The van der Waals surface area contributed by atoms with Crippen LogP contribution in [0.3, 0.4) is 0 Å². The first kappa shape index (κ1) is 12.2. The molecular weight excluding hydrogens is 208 g/mol. The number of pyridine rings is 1. The zero-order valence-electron chi connectivity index (χ0n) is 9.23. The van der Waals surface area contributed by atoms with Crippen LogP contribution in [-0.2, 0) is 4.79 Å². The van der Waals surface area contributed by atoms with Crippen molar-refractivity contribution in [3.05, 3.63) is 30.1 Å². The lowest BCUT2D eigenvalue weighted by atomic mass is 10.0. The number of aliphatic carboxylic acids is 1. The molecule has 0 saturated heterocycles. The van der Waals surface area contributed by atoms with Gasteiger partial charge in [0.15, 0.2) is 0 Å². The second-order valence-corrected chi connectivity index (χ2v) is 4.14. The molecule has 0 bridgehead atoms. The van der Waals surface area contributed by atoms with Crippen molar-refractivity contribution < 1.29 is 14.7 Å². The molecule has 0 aliphatic carbocycles. The highest BCUT2D eigenvalue weighted by molar-refractivity contribution is 5.94. The van der Waals surface area contributed by atoms with Crippen LogP contribution >= 0.6 is 0 Å². The third kappa shape index (κ3) is 3.68. The Labute approximate surface area is 93.5 Å². The average Bonchev–Trinajstić information content (AvgIpc) is 2.16. The Kier molecular flexibility index (Phi) is 3.60. The minimum atomic E-state index is -0.944. The van der Waals surface area contributed by atoms with Crippen LogP contribution in [0.1, 0.15) is 30.6 Å². The fourth-order valence-electron chi connectivity index (χ4n) is 1.31. The number of aromatic nitrogens is 1. The highest BCUT2D eigenvalue weighted by atomic mass is 16.4. The maximum absolute atomic E-state index is 11.7. The topological polar surface area (TPSA) is 79.3 Å². The highest BCUT2D eigenvalue weighted by Gasteiger charge is 2.24. The monoisotopic (exact) mass is 222 g/mol. The molecule has 5 heteroatoms. The van der Waals surface area contributed by atoms with E-state index in [9.17, 15) is 9.59 Å². The first-order valence-electron chi connectivity index (χ1n) is 4.85. The molecule has 0 aromatic carbocycles. The molecule has 86 valence electrons. The molecule has 0 radical (unpaired) electrons. The Balaban J connectivity index is 2.68. The summed E-state index contributed by atoms with van der Waals surface area (Å²) in [5.41, 5.74) is -0.305. The van der Waals surface area contributed by atoms with E-state index in [1.165, 1.54) is 12.4 Å². The largest absolute Gasteiger partial charge is 0.481 e. The number of hydrogen-bond donors (Lipinski definition) is 2. The van der Waals surface area contributed by atoms with Crippen molar-refractivity contribution in [2.45, 2.75) is 25.8 Å². The number of carbonyl (C=O) groups is 2. The van der Waals surface area contributed by atoms with Gasteiger partial charge in [-0.1, -0.05) is 0 Å². The van der Waals surface area contributed by atoms with Crippen LogP contribution in [-0.4, -0.2) is 27.5 Å². The molecule has 1 amide bonds. The normalized spacial score (nSPS) is 10.9. The maximum Gasteiger partial charge on any atom is 0.305 e. The highest BCUT2D eigenvalue weighted by Crippen LogP contribution is 2.09. The van der Waals surface area contributed by atoms with Crippen LogP contribution in [0.2, 0.25) is 0 Å². The van der Waals surface area contributed by atoms with Gasteiger partial charge in [-0.25, -0.2) is 0 Å². The van der Waals surface area contributed by atoms with Crippen molar-refractivity contribution in [2.24, 2.45) is 0 Å². The van der Waals surface area contributed by atoms with Gasteiger partial charge in [0.1, 0.15) is 0 Å². The van der Waals surface area contributed by atoms with Gasteiger partial charge in [-0.15, -0.1) is 0 Å². The Hall–Kier alpha value is -1.91. The fraction of sp³-hybridized carbons (Fsp3) is 0.364. The van der Waals surface area contributed by atoms with Crippen molar-refractivity contribution in [3.8, 4) is 0 Å². The van der Waals surface area contributed by atoms with Crippen LogP contribution < -0.4 is 5.32 Å². The number of carboxylic acids is 1. The quantitative estimate of drug-likeness (QED) is 0.798. The molecule has 0 spiro atoms. The van der Waals surface area contributed by atoms with Crippen molar-refractivity contribution in [1.29, 1.82) is 0 Å². The predicted octanol–water partition coefficient (Wildman–Crippen LogP) is 1.06. The van der Waals surface area contributed by atoms with E-state index in [2.05, 4.69) is 10.3 Å². The van der Waals surface area contributed by atoms with E-state index >= 15 is 0 Å². The molecular formula is C11H14N2O3. The maximum atomic E-state index is 11.7. The minimum Gasteiger partial charge on any atom is -0.481 e. The molecule has 0 unspecified atom stereocenters. The Morgan fingerprint density at radius 1 is 1.38 bits per heavy atom. The summed E-state index contributed by atoms with van der Waals surface area (Å²) >= 11 is 0. The molecule has 16 heavy (non-hydrogen) atoms. The molecule has 1 aromatic heterocycles. The third-order valence-corrected chi connectivity index (χ3v) is 1.99. The summed E-state index contributed by atoms with van der Waals surface area (Å²) in [5.74, 6) is -1.24. The lowest BCUT2D eigenvalue weighted by Gasteiger charge is -2.24. The van der Waals surface area contributed by atoms with E-state index in [-0.39, 0.29) is 12.3 Å². The number of carboxylic acid groups (broad SMARTS) is 1. The molecule has 5 nitrogen and oxygen atoms in total. The number of nitrogens with one attached hydrogen (secondary N) is 1. The summed E-state index contributed by atoms with van der Waals surface area (Å²) < 4.78 is 0. The molecule has 0 aliphatic rings. The van der Waals surface area contributed by atoms with Crippen LogP contribution in [0.5, 0.6) is 0 Å². The first-order chi connectivity index (χ1) is 7.41. The zero-order chi connectivity index (χ0) is 12.2. The van der Waals surface area contributed by atoms with E-state index in [0.29, 0.717) is 5.56 Å². The smallest absolute Gasteiger partial charge is 0.305 e. The molecule has 0 atom stereocenters. The van der Waals surface area contributed by atoms with Gasteiger partial charge in [0, 0.05) is 23.5 Å². The minimum absolute atomic E-state index is 0.121. The summed E-state index contributed by atoms with van der Waals surface area (Å²) in [6, 6.07) is 3.15. The number of hydrogen-bond acceptors (Lipinski definition) is 3. The van der Waals surface area contributed by atoms with Gasteiger partial charge in [-0.05, 0) is 26.0 Å². The standard InChI is InChI=1S/C11H14N2O3/c1-11(2,7-9(14)15)13-10(16)8-3-5-12-6-4-8/h3-6H,7H2,1-2H3,(H,13,16)(H,14,15). The predicted molar refractivity (Wildman–Crippen MR) is 58.0 cm³/mol. The van der Waals surface area contributed by atoms with Gasteiger partial charge >= 0.3 is 5.97 Å². The van der Waals surface area contributed by atoms with E-state index in [1.807, 2.05) is 0 Å². The van der Waals surface area contributed by atoms with E-state index in [4.69, 9.17) is 5.11 Å². The van der Waals surface area contributed by atoms with E-state index in [1.54, 1.807) is 26.0 Å². The summed E-state index contributed by atoms with van der Waals surface area (Å²) in [7, 11) is 0. The number of nitrogens with zero attached hydrogens (tertiary/aromatic N) is 1. The molecule has 1 heterocycles. The fourth-order valence-corrected chi connectivity index (χ4v) is 1.31. The Morgan fingerprint density at radius 3 is 2.44 bits per heavy atom. The van der Waals surface area contributed by atoms with Crippen LogP contribution in [0.4, 0.5) is 0 Å². The Morgan fingerprint density at radius 2 is 1.94 bits per heavy atom. The van der Waals surface area contributed by atoms with Crippen LogP contribution in [0.15, 0.2) is 24.5 Å². The molecule has 0 aliphatic heterocycles. The van der Waals surface area contributed by atoms with Gasteiger partial charge in [0.05, 0.1) is 6.42 Å². The van der Waals surface area contributed by atoms with Crippen LogP contribution in [0, 0.1) is 0 Å². The molecule has 0 fully saturated rings. The molecule has 0 saturated carbocycles. The summed E-state index contributed by atoms with van der Waals surface area (Å²) in [4.78, 5) is 26.1. The van der Waals surface area contributed by atoms with E-state index < -0.39 is 11.5 Å². The number of carbonyl (C=O) groups excluding carboxylic acids is 1. The van der Waals surface area contributed by atoms with Crippen molar-refractivity contribution in [2.75, 3.05) is 0 Å². The van der Waals surface area contributed by atoms with Gasteiger partial charge in [0.25, 0.3) is 5.91 Å². The first-order valence-corrected chi connectivity index (χ1v) is 4.85. The SMILES string of the molecule is CC(C)(CC(=O)O)NC(=O)c1ccncc1. The van der Waals surface area contributed by atoms with Crippen molar-refractivity contribution in [1.82, 2.24) is 10.3 Å². The summed E-state index contributed by atoms with van der Waals surface area (Å²) in [6.45, 7) is 3.33.